The third-order valence-electron chi connectivity index (χ3n) is 4.05. The topological polar surface area (TPSA) is 116 Å². The van der Waals surface area contributed by atoms with Gasteiger partial charge >= 0.3 is 0 Å². The molecule has 1 atom stereocenters. The molecular weight excluding hydrogens is 390 g/mol. The van der Waals surface area contributed by atoms with Crippen molar-refractivity contribution in [3.05, 3.63) is 70.9 Å². The van der Waals surface area contributed by atoms with E-state index in [-0.39, 0.29) is 6.42 Å². The van der Waals surface area contributed by atoms with E-state index in [4.69, 9.17) is 5.73 Å². The van der Waals surface area contributed by atoms with E-state index in [0.717, 1.165) is 9.58 Å². The van der Waals surface area contributed by atoms with Crippen LogP contribution in [0, 0.1) is 0 Å². The summed E-state index contributed by atoms with van der Waals surface area (Å²) in [5, 5.41) is 18.4. The molecule has 1 unspecified atom stereocenters. The van der Waals surface area contributed by atoms with Crippen LogP contribution in [0.3, 0.4) is 0 Å². The fourth-order valence-electron chi connectivity index (χ4n) is 2.82. The fourth-order valence-corrected chi connectivity index (χ4v) is 3.64. The smallest absolute Gasteiger partial charge is 0.268 e. The van der Waals surface area contributed by atoms with Crippen molar-refractivity contribution in [2.75, 3.05) is 0 Å². The molecule has 1 amide bonds. The van der Waals surface area contributed by atoms with Crippen LogP contribution in [0.4, 0.5) is 0 Å². The first-order chi connectivity index (χ1) is 13.7. The van der Waals surface area contributed by atoms with Crippen molar-refractivity contribution in [1.82, 2.24) is 19.6 Å². The zero-order valence-corrected chi connectivity index (χ0v) is 17.0. The summed E-state index contributed by atoms with van der Waals surface area (Å²) in [5.41, 5.74) is 4.78. The second-order valence-electron chi connectivity index (χ2n) is 7.33. The number of carbonyl (C=O) groups excluding carboxylic acids is 1. The molecule has 2 heterocycles. The number of nitrogens with two attached hydrogens (primary N) is 1. The second kappa shape index (κ2) is 8.62. The molecule has 0 aliphatic rings. The van der Waals surface area contributed by atoms with E-state index in [1.54, 1.807) is 37.0 Å². The van der Waals surface area contributed by atoms with Gasteiger partial charge in [0.05, 0.1) is 24.0 Å². The number of aliphatic hydroxyl groups is 1. The van der Waals surface area contributed by atoms with Gasteiger partial charge in [0.25, 0.3) is 5.56 Å². The molecule has 0 fully saturated rings. The summed E-state index contributed by atoms with van der Waals surface area (Å²) >= 11 is 1.41. The van der Waals surface area contributed by atoms with Crippen molar-refractivity contribution < 1.29 is 9.90 Å². The Kier molecular flexibility index (Phi) is 6.19. The molecule has 3 aromatic rings. The van der Waals surface area contributed by atoms with Crippen LogP contribution >= 0.6 is 11.8 Å². The molecule has 0 bridgehead atoms. The third-order valence-corrected chi connectivity index (χ3v) is 5.02. The van der Waals surface area contributed by atoms with Gasteiger partial charge in [-0.3, -0.25) is 14.3 Å². The highest BCUT2D eigenvalue weighted by molar-refractivity contribution is 7.99. The van der Waals surface area contributed by atoms with Gasteiger partial charge in [0.1, 0.15) is 6.04 Å². The van der Waals surface area contributed by atoms with E-state index in [2.05, 4.69) is 10.2 Å². The average molecular weight is 414 g/mol. The highest BCUT2D eigenvalue weighted by Gasteiger charge is 2.23. The molecule has 29 heavy (non-hydrogen) atoms. The molecule has 0 saturated carbocycles. The van der Waals surface area contributed by atoms with Crippen molar-refractivity contribution >= 4 is 17.7 Å². The Labute approximate surface area is 172 Å². The first kappa shape index (κ1) is 20.8. The van der Waals surface area contributed by atoms with Crippen LogP contribution in [-0.2, 0) is 17.8 Å². The molecule has 0 radical (unpaired) electrons. The lowest BCUT2D eigenvalue weighted by Gasteiger charge is -2.17. The molecule has 0 saturated heterocycles. The van der Waals surface area contributed by atoms with Crippen molar-refractivity contribution in [2.24, 2.45) is 5.73 Å². The van der Waals surface area contributed by atoms with Crippen molar-refractivity contribution in [3.8, 4) is 0 Å². The van der Waals surface area contributed by atoms with Gasteiger partial charge in [-0.15, -0.1) is 0 Å². The first-order valence-corrected chi connectivity index (χ1v) is 9.89. The number of carbonyl (C=O) groups is 1. The number of primary amides is 1. The van der Waals surface area contributed by atoms with Crippen molar-refractivity contribution in [3.63, 3.8) is 0 Å². The minimum atomic E-state index is -0.955. The maximum atomic E-state index is 12.6. The predicted octanol–water partition coefficient (Wildman–Crippen LogP) is 1.63. The number of benzene rings is 1. The van der Waals surface area contributed by atoms with E-state index in [1.165, 1.54) is 17.8 Å². The Morgan fingerprint density at radius 3 is 2.59 bits per heavy atom. The number of nitrogens with zero attached hydrogens (tertiary/aromatic N) is 4. The fraction of sp³-hybridized carbons (Fsp3) is 0.300. The lowest BCUT2D eigenvalue weighted by atomic mass is 10.1. The Balaban J connectivity index is 1.79. The van der Waals surface area contributed by atoms with Gasteiger partial charge in [-0.25, -0.2) is 4.68 Å². The van der Waals surface area contributed by atoms with Gasteiger partial charge in [0.2, 0.25) is 5.91 Å². The predicted molar refractivity (Wildman–Crippen MR) is 110 cm³/mol. The number of hydrogen-bond acceptors (Lipinski definition) is 6. The molecule has 3 rings (SSSR count). The highest BCUT2D eigenvalue weighted by atomic mass is 32.2. The van der Waals surface area contributed by atoms with Gasteiger partial charge in [0.15, 0.2) is 0 Å². The summed E-state index contributed by atoms with van der Waals surface area (Å²) in [7, 11) is 0. The molecule has 2 aromatic heterocycles. The summed E-state index contributed by atoms with van der Waals surface area (Å²) in [4.78, 5) is 26.2. The Bertz CT molecular complexity index is 1040. The van der Waals surface area contributed by atoms with Crippen LogP contribution in [0.1, 0.15) is 25.6 Å². The number of amides is 1. The van der Waals surface area contributed by atoms with E-state index >= 15 is 0 Å². The Hall–Kier alpha value is -2.91. The maximum Gasteiger partial charge on any atom is 0.268 e. The van der Waals surface area contributed by atoms with Crippen LogP contribution in [0.2, 0.25) is 0 Å². The van der Waals surface area contributed by atoms with E-state index in [1.807, 2.05) is 30.3 Å². The normalized spacial score (nSPS) is 12.7. The highest BCUT2D eigenvalue weighted by Crippen LogP contribution is 2.25. The minimum absolute atomic E-state index is 0.131. The summed E-state index contributed by atoms with van der Waals surface area (Å²) in [5.74, 6) is -0.667. The summed E-state index contributed by atoms with van der Waals surface area (Å²) in [6.45, 7) is 3.66. The van der Waals surface area contributed by atoms with Gasteiger partial charge < -0.3 is 10.8 Å². The molecule has 0 aliphatic heterocycles. The quantitative estimate of drug-likeness (QED) is 0.580. The third kappa shape index (κ3) is 5.78. The van der Waals surface area contributed by atoms with Gasteiger partial charge in [-0.2, -0.15) is 10.2 Å². The SMILES string of the molecule is CC(C)(O)Cn1ccc(CC(C(N)=O)n2ncc(Sc3ccccc3)cc2=O)n1. The number of hydrogen-bond donors (Lipinski definition) is 2. The summed E-state index contributed by atoms with van der Waals surface area (Å²) in [6, 6.07) is 11.8. The van der Waals surface area contributed by atoms with Gasteiger partial charge in [-0.1, -0.05) is 30.0 Å². The average Bonchev–Trinajstić information content (AvgIpc) is 3.06. The monoisotopic (exact) mass is 413 g/mol. The Morgan fingerprint density at radius 1 is 1.24 bits per heavy atom. The molecule has 0 aliphatic carbocycles. The van der Waals surface area contributed by atoms with Crippen LogP contribution in [0.5, 0.6) is 0 Å². The molecular formula is C20H23N5O3S. The molecule has 8 nitrogen and oxygen atoms in total. The van der Waals surface area contributed by atoms with Gasteiger partial charge in [0, 0.05) is 28.5 Å². The van der Waals surface area contributed by atoms with Crippen molar-refractivity contribution in [2.45, 2.75) is 48.2 Å². The number of aromatic nitrogens is 4. The van der Waals surface area contributed by atoms with Crippen LogP contribution < -0.4 is 11.3 Å². The minimum Gasteiger partial charge on any atom is -0.389 e. The summed E-state index contributed by atoms with van der Waals surface area (Å²) in [6.07, 6.45) is 3.38. The maximum absolute atomic E-state index is 12.6. The van der Waals surface area contributed by atoms with Crippen LogP contribution in [0.15, 0.2) is 69.4 Å². The second-order valence-corrected chi connectivity index (χ2v) is 8.48. The molecule has 9 heteroatoms. The van der Waals surface area contributed by atoms with Crippen molar-refractivity contribution in [1.29, 1.82) is 0 Å². The summed E-state index contributed by atoms with van der Waals surface area (Å²) < 4.78 is 2.68. The zero-order chi connectivity index (χ0) is 21.0. The van der Waals surface area contributed by atoms with E-state index in [0.29, 0.717) is 17.1 Å². The molecule has 0 spiro atoms. The van der Waals surface area contributed by atoms with Gasteiger partial charge in [-0.05, 0) is 32.0 Å². The molecule has 3 N–H and O–H groups in total. The van der Waals surface area contributed by atoms with Crippen LogP contribution in [-0.4, -0.2) is 36.2 Å². The standard InChI is InChI=1S/C20H23N5O3S/c1-20(2,28)13-24-9-8-14(23-24)10-17(19(21)27)25-18(26)11-16(12-22-25)29-15-6-4-3-5-7-15/h3-9,11-12,17,28H,10,13H2,1-2H3,(H2,21,27). The lowest BCUT2D eigenvalue weighted by molar-refractivity contribution is -0.121. The zero-order valence-electron chi connectivity index (χ0n) is 16.2. The Morgan fingerprint density at radius 2 is 1.97 bits per heavy atom. The first-order valence-electron chi connectivity index (χ1n) is 9.07. The van der Waals surface area contributed by atoms with E-state index < -0.39 is 23.1 Å². The van der Waals surface area contributed by atoms with E-state index in [9.17, 15) is 14.7 Å². The number of rotatable bonds is 8. The molecule has 152 valence electrons. The molecule has 1 aromatic carbocycles. The van der Waals surface area contributed by atoms with Crippen LogP contribution in [0.25, 0.3) is 0 Å². The lowest BCUT2D eigenvalue weighted by Crippen LogP contribution is -2.36. The largest absolute Gasteiger partial charge is 0.389 e.